The lowest BCUT2D eigenvalue weighted by atomic mass is 9.89. The molecule has 0 radical (unpaired) electrons. The van der Waals surface area contributed by atoms with Crippen LogP contribution in [0.15, 0.2) is 48.8 Å². The zero-order valence-electron chi connectivity index (χ0n) is 37.2. The van der Waals surface area contributed by atoms with Crippen LogP contribution in [0.25, 0.3) is 0 Å². The van der Waals surface area contributed by atoms with Gasteiger partial charge in [-0.2, -0.15) is 44.7 Å². The fourth-order valence-corrected chi connectivity index (χ4v) is 13.8. The van der Waals surface area contributed by atoms with Crippen LogP contribution in [-0.2, 0) is 60.1 Å². The summed E-state index contributed by atoms with van der Waals surface area (Å²) >= 11 is 0. The van der Waals surface area contributed by atoms with Crippen molar-refractivity contribution in [1.29, 1.82) is 0 Å². The van der Waals surface area contributed by atoms with Crippen LogP contribution in [0.4, 0.5) is 43.9 Å². The number of hydrogen-bond donors (Lipinski definition) is 2. The summed E-state index contributed by atoms with van der Waals surface area (Å²) in [5.74, 6) is 0.536. The van der Waals surface area contributed by atoms with Gasteiger partial charge in [0.05, 0.1) is 27.7 Å². The van der Waals surface area contributed by atoms with E-state index in [4.69, 9.17) is 25.7 Å². The fraction of sp³-hybridized carbons (Fsp3) is 0.568. The molecule has 70 heavy (non-hydrogen) atoms. The second-order valence-corrected chi connectivity index (χ2v) is 23.2. The maximum atomic E-state index is 14.3. The number of rotatable bonds is 8. The van der Waals surface area contributed by atoms with E-state index in [1.165, 1.54) is 15.2 Å². The predicted octanol–water partition coefficient (Wildman–Crippen LogP) is 5.92. The van der Waals surface area contributed by atoms with Gasteiger partial charge >= 0.3 is 12.4 Å². The molecule has 0 bridgehead atoms. The van der Waals surface area contributed by atoms with Crippen LogP contribution in [0.5, 0.6) is 0 Å². The van der Waals surface area contributed by atoms with Gasteiger partial charge in [-0.1, -0.05) is 12.8 Å². The highest BCUT2D eigenvalue weighted by Crippen LogP contribution is 2.45. The minimum atomic E-state index is -4.81. The van der Waals surface area contributed by atoms with E-state index in [2.05, 4.69) is 16.1 Å². The molecule has 4 fully saturated rings. The molecule has 4 aromatic rings. The van der Waals surface area contributed by atoms with Crippen molar-refractivity contribution >= 4 is 25.6 Å². The van der Waals surface area contributed by atoms with Crippen molar-refractivity contribution in [3.05, 3.63) is 106 Å². The smallest absolute Gasteiger partial charge is 0.380 e. The lowest BCUT2D eigenvalue weighted by Gasteiger charge is -2.44. The summed E-state index contributed by atoms with van der Waals surface area (Å²) < 4.78 is 197. The lowest BCUT2D eigenvalue weighted by Crippen LogP contribution is -2.58. The van der Waals surface area contributed by atoms with E-state index in [1.807, 2.05) is 0 Å². The van der Waals surface area contributed by atoms with Gasteiger partial charge in [-0.05, 0) is 74.4 Å². The Morgan fingerprint density at radius 3 is 1.53 bits per heavy atom. The molecule has 6 aliphatic rings. The molecule has 1 aliphatic carbocycles. The molecule has 26 heteroatoms. The molecule has 2 unspecified atom stereocenters. The topological polar surface area (TPSA) is 173 Å². The molecule has 2 aromatic heterocycles. The van der Waals surface area contributed by atoms with Crippen LogP contribution in [0, 0.1) is 23.3 Å². The number of hydrogen-bond acceptors (Lipinski definition) is 12. The largest absolute Gasteiger partial charge is 0.416 e. The van der Waals surface area contributed by atoms with Gasteiger partial charge in [0.1, 0.15) is 40.7 Å². The summed E-state index contributed by atoms with van der Waals surface area (Å²) in [6, 6.07) is 0.639. The van der Waals surface area contributed by atoms with Crippen molar-refractivity contribution in [2.75, 3.05) is 13.2 Å². The van der Waals surface area contributed by atoms with Crippen LogP contribution < -0.4 is 11.5 Å². The molecule has 14 nitrogen and oxygen atoms in total. The molecule has 0 spiro atoms. The Labute approximate surface area is 396 Å². The minimum Gasteiger partial charge on any atom is -0.380 e. The van der Waals surface area contributed by atoms with Gasteiger partial charge in [0, 0.05) is 96.9 Å². The SMILES string of the molecule is C=S(=O)(C1CCCC1)n1cc2c(n1)CN([C@@H]1C[C@H](N)[C@@H](c3cc(F)ccc3F)O[C@@H]1C(F)(F)F)C2.N[C@H]1C[C@@H](N2Cc3cn(S(=O)(=O)C4CCOC4)nc3C2)[C@@H](C(F)(F)F)O[C@@H]1c1cc(F)ccc1F. The summed E-state index contributed by atoms with van der Waals surface area (Å²) in [4.78, 5) is 3.06. The highest BCUT2D eigenvalue weighted by Gasteiger charge is 2.56. The highest BCUT2D eigenvalue weighted by molar-refractivity contribution is 7.99. The molecule has 0 amide bonds. The van der Waals surface area contributed by atoms with Gasteiger partial charge in [-0.15, -0.1) is 0 Å². The number of halogens is 10. The summed E-state index contributed by atoms with van der Waals surface area (Å²) in [6.45, 7) is 0.636. The Hall–Kier alpha value is -4.15. The Morgan fingerprint density at radius 2 is 1.10 bits per heavy atom. The second kappa shape index (κ2) is 19.0. The standard InChI is InChI=1S/C23H27F5N4O2S.C21H23F5N4O4S/c1-35(33,15-4-2-3-5-15)32-11-13-10-31(12-19(13)30-32)20-9-18(29)21(34-22(20)23(26,27)28)16-8-14(24)6-7-17(16)25;22-12-1-2-15(23)14(5-12)19-16(27)6-18(20(34-19)21(24,25)26)29-7-11-8-30(28-17(11)9-29)35(31,32)13-3-4-33-10-13/h6-8,11,15,18,20-22H,1-5,9-10,12,29H2;1-2,5,8,13,16,18-20H,3-4,6-7,9-10,27H2/t18-,20+,21+,22-,35?;13?,16-,18+,19+,20-/m00/s1. The van der Waals surface area contributed by atoms with Gasteiger partial charge in [0.25, 0.3) is 10.0 Å². The molecule has 1 saturated carbocycles. The van der Waals surface area contributed by atoms with Crippen molar-refractivity contribution in [2.45, 2.75) is 143 Å². The first kappa shape index (κ1) is 50.8. The number of nitrogens with two attached hydrogens (primary N) is 2. The monoisotopic (exact) mass is 1040 g/mol. The van der Waals surface area contributed by atoms with Crippen molar-refractivity contribution in [1.82, 2.24) is 28.2 Å². The highest BCUT2D eigenvalue weighted by atomic mass is 32.2. The number of fused-ring (bicyclic) bond motifs is 2. The molecule has 10 atom stereocenters. The maximum absolute atomic E-state index is 14.3. The number of aromatic nitrogens is 4. The molecule has 10 rings (SSSR count). The zero-order valence-corrected chi connectivity index (χ0v) is 38.8. The van der Waals surface area contributed by atoms with Gasteiger partial charge in [0.2, 0.25) is 0 Å². The van der Waals surface area contributed by atoms with E-state index in [0.29, 0.717) is 35.5 Å². The summed E-state index contributed by atoms with van der Waals surface area (Å²) in [6.07, 6.45) is -10.5. The molecule has 3 saturated heterocycles. The first-order chi connectivity index (χ1) is 32.9. The molecule has 7 heterocycles. The molecular weight excluding hydrogens is 991 g/mol. The van der Waals surface area contributed by atoms with Crippen LogP contribution >= 0.6 is 0 Å². The van der Waals surface area contributed by atoms with Gasteiger partial charge in [-0.25, -0.2) is 30.2 Å². The lowest BCUT2D eigenvalue weighted by molar-refractivity contribution is -0.269. The van der Waals surface area contributed by atoms with Crippen LogP contribution in [0.1, 0.15) is 90.8 Å². The average Bonchev–Trinajstić information content (AvgIpc) is 4.14. The first-order valence-corrected chi connectivity index (χ1v) is 25.8. The fourth-order valence-electron chi connectivity index (χ4n) is 10.5. The third-order valence-corrected chi connectivity index (χ3v) is 18.3. The average molecular weight is 1040 g/mol. The van der Waals surface area contributed by atoms with E-state index in [0.717, 1.165) is 66.2 Å². The third kappa shape index (κ3) is 9.87. The predicted molar refractivity (Wildman–Crippen MR) is 232 cm³/mol. The molecule has 2 aromatic carbocycles. The number of nitrogens with zero attached hydrogens (tertiary/aromatic N) is 6. The Bertz CT molecular complexity index is 2570. The first-order valence-electron chi connectivity index (χ1n) is 22.6. The number of ether oxygens (including phenoxy) is 3. The van der Waals surface area contributed by atoms with E-state index in [9.17, 15) is 56.5 Å². The van der Waals surface area contributed by atoms with E-state index < -0.39 is 109 Å². The van der Waals surface area contributed by atoms with E-state index >= 15 is 0 Å². The Balaban J connectivity index is 0.000000174. The van der Waals surface area contributed by atoms with Crippen molar-refractivity contribution in [2.24, 2.45) is 11.5 Å². The van der Waals surface area contributed by atoms with Crippen molar-refractivity contribution < 1.29 is 70.7 Å². The van der Waals surface area contributed by atoms with Crippen molar-refractivity contribution in [3.63, 3.8) is 0 Å². The van der Waals surface area contributed by atoms with Crippen LogP contribution in [-0.4, -0.2) is 119 Å². The maximum Gasteiger partial charge on any atom is 0.416 e. The van der Waals surface area contributed by atoms with Gasteiger partial charge < -0.3 is 25.7 Å². The Kier molecular flexibility index (Phi) is 13.8. The normalized spacial score (nSPS) is 30.0. The van der Waals surface area contributed by atoms with Crippen LogP contribution in [0.2, 0.25) is 0 Å². The molecule has 4 N–H and O–H groups in total. The summed E-state index contributed by atoms with van der Waals surface area (Å²) in [7, 11) is -6.43. The van der Waals surface area contributed by atoms with Crippen LogP contribution in [0.3, 0.4) is 0 Å². The molecule has 384 valence electrons. The van der Waals surface area contributed by atoms with E-state index in [1.54, 1.807) is 11.1 Å². The molecule has 5 aliphatic heterocycles. The minimum absolute atomic E-state index is 0.0122. The van der Waals surface area contributed by atoms with Gasteiger partial charge in [0.15, 0.2) is 12.2 Å². The number of alkyl halides is 6. The summed E-state index contributed by atoms with van der Waals surface area (Å²) in [5.41, 5.74) is 13.6. The van der Waals surface area contributed by atoms with Crippen molar-refractivity contribution in [3.8, 4) is 0 Å². The van der Waals surface area contributed by atoms with E-state index in [-0.39, 0.29) is 62.0 Å². The summed E-state index contributed by atoms with van der Waals surface area (Å²) in [5, 5.41) is 7.78. The third-order valence-electron chi connectivity index (χ3n) is 14.1. The Morgan fingerprint density at radius 1 is 0.643 bits per heavy atom. The van der Waals surface area contributed by atoms with Gasteiger partial charge in [-0.3, -0.25) is 9.80 Å². The molecular formula is C44H50F10N8O6S2. The number of benzene rings is 2. The zero-order chi connectivity index (χ0) is 50.2. The quantitative estimate of drug-likeness (QED) is 0.158. The second-order valence-electron chi connectivity index (χ2n) is 18.7.